The zero-order valence-electron chi connectivity index (χ0n) is 18.0. The van der Waals surface area contributed by atoms with Gasteiger partial charge >= 0.3 is 0 Å². The molecule has 6 nitrogen and oxygen atoms in total. The summed E-state index contributed by atoms with van der Waals surface area (Å²) in [5.74, 6) is 0.335. The number of nitrogens with zero attached hydrogens (tertiary/aromatic N) is 3. The van der Waals surface area contributed by atoms with E-state index in [0.29, 0.717) is 28.6 Å². The molecule has 1 aliphatic heterocycles. The van der Waals surface area contributed by atoms with Gasteiger partial charge in [0, 0.05) is 29.6 Å². The van der Waals surface area contributed by atoms with E-state index in [-0.39, 0.29) is 23.2 Å². The summed E-state index contributed by atoms with van der Waals surface area (Å²) in [7, 11) is 0. The number of ether oxygens (including phenoxy) is 1. The van der Waals surface area contributed by atoms with E-state index < -0.39 is 0 Å². The lowest BCUT2D eigenvalue weighted by Crippen LogP contribution is -2.29. The van der Waals surface area contributed by atoms with Crippen LogP contribution in [0.25, 0.3) is 10.9 Å². The summed E-state index contributed by atoms with van der Waals surface area (Å²) < 4.78 is 9.76. The Morgan fingerprint density at radius 2 is 2.03 bits per heavy atom. The molecule has 2 fully saturated rings. The number of hydrogen-bond acceptors (Lipinski definition) is 5. The van der Waals surface area contributed by atoms with E-state index >= 15 is 0 Å². The third-order valence-electron chi connectivity index (χ3n) is 6.27. The molecule has 0 N–H and O–H groups in total. The standard InChI is InChI=1S/C24H27N3O3S/c1-15-12-20(16(2)27(15)17-9-10-17)22(28)14-31-24-25-21-8-4-3-7-19(21)23(29)26(24)13-18-6-5-11-30-18/h3-4,7-8,12,17-18H,5-6,9-11,13-14H2,1-2H3/t18-/m0/s1. The van der Waals surface area contributed by atoms with Gasteiger partial charge in [0.2, 0.25) is 0 Å². The Labute approximate surface area is 185 Å². The average Bonchev–Trinajstić information content (AvgIpc) is 3.36. The number of fused-ring (bicyclic) bond motifs is 1. The number of aryl methyl sites for hydroxylation is 1. The molecule has 3 aromatic rings. The molecule has 0 radical (unpaired) electrons. The van der Waals surface area contributed by atoms with Crippen LogP contribution in [0.2, 0.25) is 0 Å². The van der Waals surface area contributed by atoms with Crippen LogP contribution in [0, 0.1) is 13.8 Å². The molecule has 0 amide bonds. The van der Waals surface area contributed by atoms with Crippen LogP contribution in [-0.2, 0) is 11.3 Å². The highest BCUT2D eigenvalue weighted by molar-refractivity contribution is 7.99. The molecule has 1 atom stereocenters. The number of thioether (sulfide) groups is 1. The molecular formula is C24H27N3O3S. The van der Waals surface area contributed by atoms with Crippen molar-refractivity contribution in [3.63, 3.8) is 0 Å². The van der Waals surface area contributed by atoms with Crippen LogP contribution in [0.1, 0.15) is 53.5 Å². The van der Waals surface area contributed by atoms with Crippen molar-refractivity contribution in [2.24, 2.45) is 0 Å². The van der Waals surface area contributed by atoms with Gasteiger partial charge in [0.1, 0.15) is 0 Å². The summed E-state index contributed by atoms with van der Waals surface area (Å²) >= 11 is 1.35. The Bertz CT molecular complexity index is 1200. The second-order valence-corrected chi connectivity index (χ2v) is 9.50. The molecule has 3 heterocycles. The van der Waals surface area contributed by atoms with Crippen molar-refractivity contribution in [2.45, 2.75) is 63.4 Å². The molecule has 7 heteroatoms. The first kappa shape index (κ1) is 20.5. The SMILES string of the molecule is Cc1cc(C(=O)CSc2nc3ccccc3c(=O)n2C[C@@H]2CCCO2)c(C)n1C1CC1. The summed E-state index contributed by atoms with van der Waals surface area (Å²) in [5, 5.41) is 1.19. The lowest BCUT2D eigenvalue weighted by atomic mass is 10.2. The number of carbonyl (C=O) groups is 1. The average molecular weight is 438 g/mol. The molecule has 0 unspecified atom stereocenters. The fourth-order valence-electron chi connectivity index (χ4n) is 4.57. The quantitative estimate of drug-likeness (QED) is 0.313. The number of para-hydroxylation sites is 1. The zero-order valence-corrected chi connectivity index (χ0v) is 18.8. The van der Waals surface area contributed by atoms with Gasteiger partial charge in [-0.15, -0.1) is 0 Å². The van der Waals surface area contributed by atoms with Gasteiger partial charge in [0.05, 0.1) is 29.3 Å². The number of carbonyl (C=O) groups excluding carboxylic acids is 1. The van der Waals surface area contributed by atoms with Gasteiger partial charge in [-0.2, -0.15) is 0 Å². The van der Waals surface area contributed by atoms with Gasteiger partial charge in [-0.25, -0.2) is 4.98 Å². The number of hydrogen-bond donors (Lipinski definition) is 0. The maximum Gasteiger partial charge on any atom is 0.262 e. The topological polar surface area (TPSA) is 66.1 Å². The lowest BCUT2D eigenvalue weighted by Gasteiger charge is -2.16. The Hall–Kier alpha value is -2.38. The Morgan fingerprint density at radius 3 is 2.77 bits per heavy atom. The smallest absolute Gasteiger partial charge is 0.262 e. The molecule has 1 aromatic carbocycles. The molecule has 0 bridgehead atoms. The summed E-state index contributed by atoms with van der Waals surface area (Å²) in [5.41, 5.74) is 3.58. The number of Topliss-reactive ketones (excluding diaryl/α,β-unsaturated/α-hetero) is 1. The van der Waals surface area contributed by atoms with Crippen LogP contribution in [0.15, 0.2) is 40.3 Å². The Balaban J connectivity index is 1.43. The highest BCUT2D eigenvalue weighted by atomic mass is 32.2. The minimum absolute atomic E-state index is 0.0215. The van der Waals surface area contributed by atoms with E-state index in [9.17, 15) is 9.59 Å². The molecule has 0 spiro atoms. The van der Waals surface area contributed by atoms with Crippen LogP contribution in [-0.4, -0.2) is 38.4 Å². The van der Waals surface area contributed by atoms with Crippen molar-refractivity contribution < 1.29 is 9.53 Å². The lowest BCUT2D eigenvalue weighted by molar-refractivity contribution is 0.0937. The third kappa shape index (κ3) is 3.96. The maximum absolute atomic E-state index is 13.2. The minimum Gasteiger partial charge on any atom is -0.376 e. The van der Waals surface area contributed by atoms with Crippen molar-refractivity contribution in [1.82, 2.24) is 14.1 Å². The van der Waals surface area contributed by atoms with Crippen LogP contribution >= 0.6 is 11.8 Å². The maximum atomic E-state index is 13.2. The molecule has 1 aliphatic carbocycles. The first-order valence-electron chi connectivity index (χ1n) is 11.0. The number of rotatable bonds is 7. The van der Waals surface area contributed by atoms with Gasteiger partial charge in [0.15, 0.2) is 10.9 Å². The predicted octanol–water partition coefficient (Wildman–Crippen LogP) is 4.30. The van der Waals surface area contributed by atoms with Crippen molar-refractivity contribution in [2.75, 3.05) is 12.4 Å². The second-order valence-electron chi connectivity index (χ2n) is 8.56. The van der Waals surface area contributed by atoms with Crippen LogP contribution < -0.4 is 5.56 Å². The van der Waals surface area contributed by atoms with Crippen LogP contribution in [0.3, 0.4) is 0 Å². The highest BCUT2D eigenvalue weighted by Crippen LogP contribution is 2.38. The summed E-state index contributed by atoms with van der Waals surface area (Å²) in [6.07, 6.45) is 4.35. The van der Waals surface area contributed by atoms with E-state index in [0.717, 1.165) is 36.4 Å². The fourth-order valence-corrected chi connectivity index (χ4v) is 5.46. The third-order valence-corrected chi connectivity index (χ3v) is 7.24. The van der Waals surface area contributed by atoms with Crippen molar-refractivity contribution in [1.29, 1.82) is 0 Å². The van der Waals surface area contributed by atoms with Gasteiger partial charge < -0.3 is 9.30 Å². The van der Waals surface area contributed by atoms with E-state index in [2.05, 4.69) is 11.5 Å². The summed E-state index contributed by atoms with van der Waals surface area (Å²) in [4.78, 5) is 31.0. The van der Waals surface area contributed by atoms with E-state index in [1.54, 1.807) is 4.57 Å². The molecule has 2 aromatic heterocycles. The van der Waals surface area contributed by atoms with Gasteiger partial charge in [-0.3, -0.25) is 14.2 Å². The minimum atomic E-state index is -0.0667. The normalized spacial score (nSPS) is 18.7. The Kier molecular flexibility index (Phi) is 5.48. The monoisotopic (exact) mass is 437 g/mol. The highest BCUT2D eigenvalue weighted by Gasteiger charge is 2.28. The summed E-state index contributed by atoms with van der Waals surface area (Å²) in [6.45, 7) is 5.31. The van der Waals surface area contributed by atoms with E-state index in [4.69, 9.17) is 9.72 Å². The fraction of sp³-hybridized carbons (Fsp3) is 0.458. The van der Waals surface area contributed by atoms with Gasteiger partial charge in [-0.1, -0.05) is 23.9 Å². The van der Waals surface area contributed by atoms with Crippen molar-refractivity contribution in [3.8, 4) is 0 Å². The molecule has 1 saturated carbocycles. The molecule has 5 rings (SSSR count). The van der Waals surface area contributed by atoms with Crippen molar-refractivity contribution >= 4 is 28.4 Å². The largest absolute Gasteiger partial charge is 0.376 e. The summed E-state index contributed by atoms with van der Waals surface area (Å²) in [6, 6.07) is 9.95. The number of aromatic nitrogens is 3. The van der Waals surface area contributed by atoms with Gasteiger partial charge in [-0.05, 0) is 57.7 Å². The van der Waals surface area contributed by atoms with E-state index in [1.807, 2.05) is 37.3 Å². The molecule has 31 heavy (non-hydrogen) atoms. The van der Waals surface area contributed by atoms with Crippen LogP contribution in [0.4, 0.5) is 0 Å². The van der Waals surface area contributed by atoms with Crippen LogP contribution in [0.5, 0.6) is 0 Å². The molecule has 2 aliphatic rings. The van der Waals surface area contributed by atoms with Crippen molar-refractivity contribution in [3.05, 3.63) is 57.6 Å². The van der Waals surface area contributed by atoms with E-state index in [1.165, 1.54) is 24.6 Å². The number of benzene rings is 1. The molecule has 162 valence electrons. The second kappa shape index (κ2) is 8.28. The predicted molar refractivity (Wildman–Crippen MR) is 122 cm³/mol. The number of ketones is 1. The Morgan fingerprint density at radius 1 is 1.23 bits per heavy atom. The molecule has 1 saturated heterocycles. The zero-order chi connectivity index (χ0) is 21.5. The van der Waals surface area contributed by atoms with Gasteiger partial charge in [0.25, 0.3) is 5.56 Å². The molecular weight excluding hydrogens is 410 g/mol. The first-order chi connectivity index (χ1) is 15.0. The first-order valence-corrected chi connectivity index (χ1v) is 12.0.